The van der Waals surface area contributed by atoms with E-state index in [1.165, 1.54) is 38.5 Å². The Labute approximate surface area is 185 Å². The van der Waals surface area contributed by atoms with Crippen LogP contribution in [0.25, 0.3) is 10.9 Å². The molecule has 1 saturated heterocycles. The number of fused-ring (bicyclic) bond motifs is 2. The minimum Gasteiger partial charge on any atom is -0.497 e. The monoisotopic (exact) mass is 425 g/mol. The summed E-state index contributed by atoms with van der Waals surface area (Å²) >= 11 is 0. The van der Waals surface area contributed by atoms with E-state index >= 15 is 0 Å². The molecule has 168 valence electrons. The van der Waals surface area contributed by atoms with Crippen LogP contribution < -0.4 is 15.4 Å². The molecule has 0 radical (unpaired) electrons. The van der Waals surface area contributed by atoms with Gasteiger partial charge in [0.25, 0.3) is 0 Å². The molecule has 1 saturated carbocycles. The lowest BCUT2D eigenvalue weighted by atomic mass is 9.73. The zero-order chi connectivity index (χ0) is 21.6. The number of nitrogens with one attached hydrogen (secondary N) is 2. The van der Waals surface area contributed by atoms with Crippen LogP contribution in [0, 0.1) is 11.8 Å². The number of unbranched alkanes of at least 4 members (excludes halogenated alkanes) is 2. The van der Waals surface area contributed by atoms with E-state index in [2.05, 4.69) is 22.5 Å². The van der Waals surface area contributed by atoms with Crippen LogP contribution in [-0.2, 0) is 4.74 Å². The van der Waals surface area contributed by atoms with Gasteiger partial charge in [-0.3, -0.25) is 10.3 Å². The molecule has 31 heavy (non-hydrogen) atoms. The molecule has 4 rings (SSSR count). The fraction of sp³-hybridized carbons (Fsp3) is 0.600. The number of piperidine rings is 1. The molecule has 0 spiro atoms. The van der Waals surface area contributed by atoms with Gasteiger partial charge in [0, 0.05) is 17.6 Å². The van der Waals surface area contributed by atoms with Crippen LogP contribution >= 0.6 is 0 Å². The van der Waals surface area contributed by atoms with Crippen molar-refractivity contribution in [3.8, 4) is 5.75 Å². The third-order valence-corrected chi connectivity index (χ3v) is 6.91. The van der Waals surface area contributed by atoms with Crippen molar-refractivity contribution in [1.29, 1.82) is 0 Å². The predicted molar refractivity (Wildman–Crippen MR) is 124 cm³/mol. The third kappa shape index (κ3) is 5.29. The number of anilines is 1. The molecule has 6 heteroatoms. The quantitative estimate of drug-likeness (QED) is 0.572. The molecule has 2 aromatic rings. The summed E-state index contributed by atoms with van der Waals surface area (Å²) in [6, 6.07) is 7.71. The molecule has 1 aromatic carbocycles. The Balaban J connectivity index is 1.37. The second kappa shape index (κ2) is 10.3. The predicted octanol–water partition coefficient (Wildman–Crippen LogP) is 5.52. The fourth-order valence-corrected chi connectivity index (χ4v) is 5.29. The number of hydrogen-bond donors (Lipinski definition) is 2. The summed E-state index contributed by atoms with van der Waals surface area (Å²) in [7, 11) is 1.63. The maximum atomic E-state index is 12.8. The number of methoxy groups -OCH3 is 1. The molecule has 0 bridgehead atoms. The van der Waals surface area contributed by atoms with E-state index in [-0.39, 0.29) is 12.1 Å². The van der Waals surface area contributed by atoms with Crippen LogP contribution in [0.3, 0.4) is 0 Å². The molecular weight excluding hydrogens is 390 g/mol. The molecule has 2 unspecified atom stereocenters. The van der Waals surface area contributed by atoms with Gasteiger partial charge < -0.3 is 14.8 Å². The highest BCUT2D eigenvalue weighted by Gasteiger charge is 2.39. The van der Waals surface area contributed by atoms with E-state index in [4.69, 9.17) is 9.47 Å². The molecule has 1 amide bonds. The fourth-order valence-electron chi connectivity index (χ4n) is 5.29. The molecule has 4 atom stereocenters. The van der Waals surface area contributed by atoms with E-state index in [0.29, 0.717) is 11.6 Å². The Kier molecular flexibility index (Phi) is 7.28. The first-order valence-electron chi connectivity index (χ1n) is 11.8. The molecule has 2 heterocycles. The average Bonchev–Trinajstić information content (AvgIpc) is 2.79. The van der Waals surface area contributed by atoms with Crippen LogP contribution in [0.4, 0.5) is 10.5 Å². The van der Waals surface area contributed by atoms with E-state index < -0.39 is 6.09 Å². The summed E-state index contributed by atoms with van der Waals surface area (Å²) in [5, 5.41) is 7.51. The highest BCUT2D eigenvalue weighted by atomic mass is 16.6. The van der Waals surface area contributed by atoms with E-state index in [0.717, 1.165) is 42.0 Å². The molecule has 2 fully saturated rings. The zero-order valence-corrected chi connectivity index (χ0v) is 18.7. The lowest BCUT2D eigenvalue weighted by Crippen LogP contribution is -2.55. The second-order valence-corrected chi connectivity index (χ2v) is 9.03. The van der Waals surface area contributed by atoms with E-state index in [1.54, 1.807) is 19.4 Å². The van der Waals surface area contributed by atoms with Gasteiger partial charge in [-0.2, -0.15) is 0 Å². The van der Waals surface area contributed by atoms with Gasteiger partial charge in [-0.1, -0.05) is 26.2 Å². The van der Waals surface area contributed by atoms with Crippen molar-refractivity contribution in [2.24, 2.45) is 11.8 Å². The SMILES string of the molecule is CCCCC[C@H]1CNC2C(CCC[C@@H]2OC(=O)Nc2ccnc3ccc(OC)cc23)C1. The molecular formula is C25H35N3O3. The maximum Gasteiger partial charge on any atom is 0.411 e. The summed E-state index contributed by atoms with van der Waals surface area (Å²) in [4.78, 5) is 17.1. The third-order valence-electron chi connectivity index (χ3n) is 6.91. The van der Waals surface area contributed by atoms with Gasteiger partial charge in [0.05, 0.1) is 18.3 Å². The van der Waals surface area contributed by atoms with Crippen LogP contribution in [0.1, 0.15) is 58.3 Å². The Bertz CT molecular complexity index is 887. The van der Waals surface area contributed by atoms with Gasteiger partial charge in [-0.15, -0.1) is 0 Å². The Morgan fingerprint density at radius 2 is 2.16 bits per heavy atom. The van der Waals surface area contributed by atoms with Crippen LogP contribution in [0.2, 0.25) is 0 Å². The minimum absolute atomic E-state index is 0.0713. The van der Waals surface area contributed by atoms with Gasteiger partial charge in [-0.05, 0) is 74.8 Å². The highest BCUT2D eigenvalue weighted by molar-refractivity contribution is 5.99. The number of ether oxygens (including phenoxy) is 2. The first-order chi connectivity index (χ1) is 15.2. The maximum absolute atomic E-state index is 12.8. The number of carbonyl (C=O) groups is 1. The van der Waals surface area contributed by atoms with Crippen molar-refractivity contribution in [2.45, 2.75) is 70.4 Å². The van der Waals surface area contributed by atoms with Gasteiger partial charge >= 0.3 is 6.09 Å². The number of rotatable bonds is 7. The van der Waals surface area contributed by atoms with Gasteiger partial charge in [0.2, 0.25) is 0 Å². The summed E-state index contributed by atoms with van der Waals surface area (Å²) in [5.41, 5.74) is 1.49. The molecule has 1 aliphatic carbocycles. The van der Waals surface area contributed by atoms with Crippen LogP contribution in [0.5, 0.6) is 5.75 Å². The van der Waals surface area contributed by atoms with Crippen molar-refractivity contribution < 1.29 is 14.3 Å². The number of hydrogen-bond acceptors (Lipinski definition) is 5. The summed E-state index contributed by atoms with van der Waals surface area (Å²) < 4.78 is 11.3. The number of amides is 1. The molecule has 2 aliphatic rings. The first kappa shape index (κ1) is 21.9. The molecule has 6 nitrogen and oxygen atoms in total. The van der Waals surface area contributed by atoms with E-state index in [9.17, 15) is 4.79 Å². The standard InChI is InChI=1S/C25H35N3O3/c1-3-4-5-7-17-14-18-8-6-9-23(24(18)27-16-17)31-25(29)28-22-12-13-26-21-11-10-19(30-2)15-20(21)22/h10-13,15,17-18,23-24,27H,3-9,14,16H2,1-2H3,(H,26,28,29)/t17-,18?,23+,24?/m1/s1. The smallest absolute Gasteiger partial charge is 0.411 e. The Morgan fingerprint density at radius 1 is 1.26 bits per heavy atom. The van der Waals surface area contributed by atoms with Gasteiger partial charge in [-0.25, -0.2) is 4.79 Å². The molecule has 1 aromatic heterocycles. The molecule has 2 N–H and O–H groups in total. The topological polar surface area (TPSA) is 72.5 Å². The van der Waals surface area contributed by atoms with Crippen LogP contribution in [-0.4, -0.2) is 36.9 Å². The molecule has 1 aliphatic heterocycles. The van der Waals surface area contributed by atoms with E-state index in [1.807, 2.05) is 18.2 Å². The number of aromatic nitrogens is 1. The number of carbonyl (C=O) groups excluding carboxylic acids is 1. The number of nitrogens with zero attached hydrogens (tertiary/aromatic N) is 1. The summed E-state index contributed by atoms with van der Waals surface area (Å²) in [6.07, 6.45) is 11.0. The van der Waals surface area contributed by atoms with Crippen molar-refractivity contribution in [1.82, 2.24) is 10.3 Å². The highest BCUT2D eigenvalue weighted by Crippen LogP contribution is 2.36. The second-order valence-electron chi connectivity index (χ2n) is 9.03. The van der Waals surface area contributed by atoms with Gasteiger partial charge in [0.1, 0.15) is 11.9 Å². The zero-order valence-electron chi connectivity index (χ0n) is 18.7. The minimum atomic E-state index is -0.396. The van der Waals surface area contributed by atoms with Crippen molar-refractivity contribution in [3.63, 3.8) is 0 Å². The normalized spacial score (nSPS) is 25.6. The summed E-state index contributed by atoms with van der Waals surface area (Å²) in [5.74, 6) is 2.10. The first-order valence-corrected chi connectivity index (χ1v) is 11.8. The Morgan fingerprint density at radius 3 is 3.00 bits per heavy atom. The number of pyridine rings is 1. The van der Waals surface area contributed by atoms with Crippen LogP contribution in [0.15, 0.2) is 30.5 Å². The average molecular weight is 426 g/mol. The Hall–Kier alpha value is -2.34. The van der Waals surface area contributed by atoms with Crippen molar-refractivity contribution >= 4 is 22.7 Å². The number of benzene rings is 1. The lowest BCUT2D eigenvalue weighted by molar-refractivity contribution is 0.0158. The lowest BCUT2D eigenvalue weighted by Gasteiger charge is -2.44. The van der Waals surface area contributed by atoms with Crippen molar-refractivity contribution in [2.75, 3.05) is 19.0 Å². The van der Waals surface area contributed by atoms with Gasteiger partial charge in [0.15, 0.2) is 0 Å². The largest absolute Gasteiger partial charge is 0.497 e. The summed E-state index contributed by atoms with van der Waals surface area (Å²) in [6.45, 7) is 3.30. The van der Waals surface area contributed by atoms with Crippen molar-refractivity contribution in [3.05, 3.63) is 30.5 Å².